The van der Waals surface area contributed by atoms with Gasteiger partial charge in [0.2, 0.25) is 0 Å². The van der Waals surface area contributed by atoms with Crippen LogP contribution in [0.4, 0.5) is 0 Å². The van der Waals surface area contributed by atoms with E-state index >= 15 is 0 Å². The minimum absolute atomic E-state index is 0.412. The summed E-state index contributed by atoms with van der Waals surface area (Å²) in [4.78, 5) is 0. The molecule has 0 nitrogen and oxygen atoms in total. The first-order valence-electron chi connectivity index (χ1n) is 12.6. The Bertz CT molecular complexity index is 1250. The molecule has 0 heterocycles. The third-order valence-electron chi connectivity index (χ3n) is 8.78. The summed E-state index contributed by atoms with van der Waals surface area (Å²) in [5.74, 6) is 0. The van der Waals surface area contributed by atoms with Crippen molar-refractivity contribution in [2.24, 2.45) is 0 Å². The van der Waals surface area contributed by atoms with Crippen LogP contribution in [0, 0.1) is 41.5 Å². The van der Waals surface area contributed by atoms with Gasteiger partial charge >= 0.3 is 0 Å². The Morgan fingerprint density at radius 3 is 1.35 bits per heavy atom. The van der Waals surface area contributed by atoms with E-state index in [1.54, 1.807) is 26.7 Å². The van der Waals surface area contributed by atoms with Crippen LogP contribution in [0.15, 0.2) is 76.9 Å². The smallest absolute Gasteiger partial charge is 0.0647 e. The van der Waals surface area contributed by atoms with Crippen LogP contribution in [0.25, 0.3) is 0 Å². The first kappa shape index (κ1) is 24.5. The Morgan fingerprint density at radius 1 is 0.529 bits per heavy atom. The lowest BCUT2D eigenvalue weighted by Crippen LogP contribution is -2.71. The molecule has 4 rings (SSSR count). The zero-order valence-electron chi connectivity index (χ0n) is 22.8. The molecule has 0 atom stereocenters. The highest BCUT2D eigenvalue weighted by atomic mass is 28.3. The van der Waals surface area contributed by atoms with Gasteiger partial charge in [-0.25, -0.2) is 0 Å². The highest BCUT2D eigenvalue weighted by molar-refractivity contribution is 7.13. The molecule has 1 heteroatoms. The van der Waals surface area contributed by atoms with E-state index in [4.69, 9.17) is 0 Å². The standard InChI is InChI=1S/C33H40Si/c1-20-17-21(2)19-30(18-20)34(31-15-11-13-22(3)24(31)5,32-16-12-14-23(4)25(32)6)33-28(9)26(7)27(8)29(33)10/h11-19,33H,1-10H3. The van der Waals surface area contributed by atoms with E-state index < -0.39 is 8.07 Å². The van der Waals surface area contributed by atoms with E-state index in [0.29, 0.717) is 5.54 Å². The predicted octanol–water partition coefficient (Wildman–Crippen LogP) is 7.06. The van der Waals surface area contributed by atoms with Gasteiger partial charge in [0.1, 0.15) is 0 Å². The zero-order chi connectivity index (χ0) is 24.9. The van der Waals surface area contributed by atoms with Crippen molar-refractivity contribution in [3.8, 4) is 0 Å². The third-order valence-corrected chi connectivity index (χ3v) is 14.5. The fraction of sp³-hybridized carbons (Fsp3) is 0.333. The van der Waals surface area contributed by atoms with E-state index in [2.05, 4.69) is 124 Å². The number of allylic oxidation sites excluding steroid dienone is 4. The van der Waals surface area contributed by atoms with Gasteiger partial charge in [-0.05, 0) is 118 Å². The van der Waals surface area contributed by atoms with Crippen molar-refractivity contribution in [2.75, 3.05) is 0 Å². The first-order chi connectivity index (χ1) is 16.0. The molecule has 34 heavy (non-hydrogen) atoms. The van der Waals surface area contributed by atoms with Gasteiger partial charge in [0.25, 0.3) is 0 Å². The maximum Gasteiger partial charge on any atom is 0.159 e. The summed E-state index contributed by atoms with van der Waals surface area (Å²) in [6.07, 6.45) is 0. The van der Waals surface area contributed by atoms with E-state index in [-0.39, 0.29) is 0 Å². The van der Waals surface area contributed by atoms with Crippen LogP contribution >= 0.6 is 0 Å². The predicted molar refractivity (Wildman–Crippen MR) is 153 cm³/mol. The molecule has 1 aliphatic rings. The lowest BCUT2D eigenvalue weighted by atomic mass is 10.1. The van der Waals surface area contributed by atoms with E-state index in [1.807, 2.05) is 0 Å². The summed E-state index contributed by atoms with van der Waals surface area (Å²) in [5.41, 5.74) is 14.9. The normalized spacial score (nSPS) is 15.0. The molecular formula is C33H40Si. The van der Waals surface area contributed by atoms with Crippen LogP contribution in [0.3, 0.4) is 0 Å². The molecule has 0 amide bonds. The van der Waals surface area contributed by atoms with Gasteiger partial charge in [-0.3, -0.25) is 0 Å². The summed E-state index contributed by atoms with van der Waals surface area (Å²) >= 11 is 0. The second-order valence-corrected chi connectivity index (χ2v) is 14.6. The molecule has 3 aromatic rings. The topological polar surface area (TPSA) is 0 Å². The molecule has 0 N–H and O–H groups in total. The van der Waals surface area contributed by atoms with E-state index in [0.717, 1.165) is 0 Å². The molecule has 0 spiro atoms. The van der Waals surface area contributed by atoms with Crippen LogP contribution in [0.2, 0.25) is 5.54 Å². The Morgan fingerprint density at radius 2 is 0.941 bits per heavy atom. The first-order valence-corrected chi connectivity index (χ1v) is 14.7. The number of hydrogen-bond acceptors (Lipinski definition) is 0. The van der Waals surface area contributed by atoms with Gasteiger partial charge in [-0.2, -0.15) is 0 Å². The quantitative estimate of drug-likeness (QED) is 0.286. The highest BCUT2D eigenvalue weighted by Crippen LogP contribution is 2.47. The Hall–Kier alpha value is -2.64. The molecule has 176 valence electrons. The van der Waals surface area contributed by atoms with Crippen LogP contribution in [0.5, 0.6) is 0 Å². The van der Waals surface area contributed by atoms with Gasteiger partial charge in [-0.1, -0.05) is 76.9 Å². The van der Waals surface area contributed by atoms with Gasteiger partial charge in [0.05, 0.1) is 0 Å². The lowest BCUT2D eigenvalue weighted by Gasteiger charge is -2.43. The zero-order valence-corrected chi connectivity index (χ0v) is 23.8. The van der Waals surface area contributed by atoms with Gasteiger partial charge in [-0.15, -0.1) is 0 Å². The average Bonchev–Trinajstić information content (AvgIpc) is 2.97. The lowest BCUT2D eigenvalue weighted by molar-refractivity contribution is 1.09. The minimum atomic E-state index is -2.53. The summed E-state index contributed by atoms with van der Waals surface area (Å²) in [5, 5.41) is 4.67. The average molecular weight is 465 g/mol. The molecule has 3 aromatic carbocycles. The van der Waals surface area contributed by atoms with Crippen molar-refractivity contribution in [3.63, 3.8) is 0 Å². The van der Waals surface area contributed by atoms with Crippen LogP contribution in [0.1, 0.15) is 61.1 Å². The van der Waals surface area contributed by atoms with Crippen LogP contribution in [-0.2, 0) is 0 Å². The fourth-order valence-corrected chi connectivity index (χ4v) is 13.3. The minimum Gasteiger partial charge on any atom is -0.0647 e. The van der Waals surface area contributed by atoms with Crippen LogP contribution < -0.4 is 15.6 Å². The molecular weight excluding hydrogens is 424 g/mol. The summed E-state index contributed by atoms with van der Waals surface area (Å²) < 4.78 is 0. The van der Waals surface area contributed by atoms with Crippen molar-refractivity contribution < 1.29 is 0 Å². The third kappa shape index (κ3) is 3.57. The van der Waals surface area contributed by atoms with E-state index in [9.17, 15) is 0 Å². The van der Waals surface area contributed by atoms with E-state index in [1.165, 1.54) is 44.5 Å². The summed E-state index contributed by atoms with van der Waals surface area (Å²) in [7, 11) is -2.53. The number of hydrogen-bond donors (Lipinski definition) is 0. The molecule has 0 saturated carbocycles. The second-order valence-electron chi connectivity index (χ2n) is 10.7. The van der Waals surface area contributed by atoms with Gasteiger partial charge < -0.3 is 0 Å². The SMILES string of the molecule is CC1=C(C)C([Si](c2cc(C)cc(C)c2)(c2cccc(C)c2C)c2cccc(C)c2C)C(C)=C1C. The summed E-state index contributed by atoms with van der Waals surface area (Å²) in [6, 6.07) is 21.4. The Labute approximate surface area is 208 Å². The number of aryl methyl sites for hydroxylation is 4. The Balaban J connectivity index is 2.31. The molecule has 0 aliphatic heterocycles. The largest absolute Gasteiger partial charge is 0.159 e. The van der Waals surface area contributed by atoms with Crippen molar-refractivity contribution in [1.29, 1.82) is 0 Å². The summed E-state index contributed by atoms with van der Waals surface area (Å²) in [6.45, 7) is 23.3. The van der Waals surface area contributed by atoms with Crippen molar-refractivity contribution >= 4 is 23.6 Å². The van der Waals surface area contributed by atoms with Crippen molar-refractivity contribution in [2.45, 2.75) is 74.8 Å². The van der Waals surface area contributed by atoms with Crippen molar-refractivity contribution in [3.05, 3.63) is 110 Å². The molecule has 0 bridgehead atoms. The number of rotatable bonds is 4. The fourth-order valence-electron chi connectivity index (χ4n) is 6.49. The molecule has 0 aromatic heterocycles. The monoisotopic (exact) mass is 464 g/mol. The molecule has 0 unspecified atom stereocenters. The molecule has 0 saturated heterocycles. The second kappa shape index (κ2) is 8.85. The molecule has 0 radical (unpaired) electrons. The molecule has 1 aliphatic carbocycles. The van der Waals surface area contributed by atoms with Crippen LogP contribution in [-0.4, -0.2) is 8.07 Å². The van der Waals surface area contributed by atoms with Gasteiger partial charge in [0, 0.05) is 5.54 Å². The Kier molecular flexibility index (Phi) is 6.38. The maximum absolute atomic E-state index is 2.53. The number of benzene rings is 3. The highest BCUT2D eigenvalue weighted by Gasteiger charge is 2.51. The molecule has 0 fully saturated rings. The maximum atomic E-state index is 2.51. The van der Waals surface area contributed by atoms with Crippen molar-refractivity contribution in [1.82, 2.24) is 0 Å². The van der Waals surface area contributed by atoms with Gasteiger partial charge in [0.15, 0.2) is 8.07 Å².